The lowest BCUT2D eigenvalue weighted by molar-refractivity contribution is 0.335. The van der Waals surface area contributed by atoms with Gasteiger partial charge in [-0.25, -0.2) is 0 Å². The molecular weight excluding hydrogens is 255 g/mol. The van der Waals surface area contributed by atoms with Crippen LogP contribution in [-0.4, -0.2) is 26.4 Å². The first-order valence-electron chi connectivity index (χ1n) is 6.77. The van der Waals surface area contributed by atoms with E-state index in [1.54, 1.807) is 4.80 Å². The SMILES string of the molecule is CC(C)(c1ccccc1)n1nnc([C@H]2CCCP2)n1. The zero-order valence-electron chi connectivity index (χ0n) is 11.4. The second-order valence-electron chi connectivity index (χ2n) is 5.51. The van der Waals surface area contributed by atoms with Crippen LogP contribution in [-0.2, 0) is 5.54 Å². The molecular formula is C14H19N4P. The van der Waals surface area contributed by atoms with Crippen LogP contribution >= 0.6 is 8.58 Å². The predicted octanol–water partition coefficient (Wildman–Crippen LogP) is 2.97. The van der Waals surface area contributed by atoms with E-state index in [9.17, 15) is 0 Å². The molecule has 2 aromatic rings. The van der Waals surface area contributed by atoms with Crippen molar-refractivity contribution < 1.29 is 0 Å². The minimum Gasteiger partial charge on any atom is -0.154 e. The van der Waals surface area contributed by atoms with Crippen LogP contribution in [0, 0.1) is 0 Å². The van der Waals surface area contributed by atoms with Gasteiger partial charge < -0.3 is 0 Å². The fourth-order valence-corrected chi connectivity index (χ4v) is 3.93. The number of aromatic nitrogens is 4. The predicted molar refractivity (Wildman–Crippen MR) is 77.8 cm³/mol. The van der Waals surface area contributed by atoms with Crippen molar-refractivity contribution in [1.29, 1.82) is 0 Å². The molecule has 0 N–H and O–H groups in total. The largest absolute Gasteiger partial charge is 0.181 e. The number of nitrogens with zero attached hydrogens (tertiary/aromatic N) is 4. The monoisotopic (exact) mass is 274 g/mol. The Bertz CT molecular complexity index is 544. The van der Waals surface area contributed by atoms with E-state index in [1.165, 1.54) is 24.6 Å². The van der Waals surface area contributed by atoms with E-state index in [0.717, 1.165) is 14.4 Å². The van der Waals surface area contributed by atoms with Crippen molar-refractivity contribution in [3.63, 3.8) is 0 Å². The molecule has 0 bridgehead atoms. The summed E-state index contributed by atoms with van der Waals surface area (Å²) in [5.41, 5.74) is 1.49. The third-order valence-corrected chi connectivity index (χ3v) is 5.46. The molecule has 1 fully saturated rings. The summed E-state index contributed by atoms with van der Waals surface area (Å²) in [5, 5.41) is 13.2. The molecule has 0 spiro atoms. The molecule has 1 saturated heterocycles. The molecule has 0 amide bonds. The average Bonchev–Trinajstić information content (AvgIpc) is 3.10. The van der Waals surface area contributed by atoms with Gasteiger partial charge in [0.25, 0.3) is 0 Å². The highest BCUT2D eigenvalue weighted by Gasteiger charge is 2.28. The van der Waals surface area contributed by atoms with Gasteiger partial charge in [-0.15, -0.1) is 18.8 Å². The summed E-state index contributed by atoms with van der Waals surface area (Å²) in [5.74, 6) is 0.930. The van der Waals surface area contributed by atoms with Crippen LogP contribution in [0.15, 0.2) is 30.3 Å². The first kappa shape index (κ1) is 12.7. The number of hydrogen-bond acceptors (Lipinski definition) is 3. The average molecular weight is 274 g/mol. The molecule has 4 nitrogen and oxygen atoms in total. The second-order valence-corrected chi connectivity index (χ2v) is 7.12. The number of tetrazole rings is 1. The zero-order valence-corrected chi connectivity index (χ0v) is 12.4. The lowest BCUT2D eigenvalue weighted by atomic mass is 9.95. The number of benzene rings is 1. The molecule has 19 heavy (non-hydrogen) atoms. The molecule has 0 aliphatic carbocycles. The summed E-state index contributed by atoms with van der Waals surface area (Å²) in [6.45, 7) is 4.26. The topological polar surface area (TPSA) is 43.6 Å². The maximum absolute atomic E-state index is 4.64. The fourth-order valence-electron chi connectivity index (χ4n) is 2.47. The third-order valence-electron chi connectivity index (χ3n) is 3.78. The molecule has 1 unspecified atom stereocenters. The van der Waals surface area contributed by atoms with Crippen LogP contribution in [0.2, 0.25) is 0 Å². The van der Waals surface area contributed by atoms with Crippen molar-refractivity contribution in [2.45, 2.75) is 37.9 Å². The highest BCUT2D eigenvalue weighted by molar-refractivity contribution is 7.38. The highest BCUT2D eigenvalue weighted by atomic mass is 31.1. The van der Waals surface area contributed by atoms with E-state index in [2.05, 4.69) is 41.4 Å². The Hall–Kier alpha value is -1.28. The Morgan fingerprint density at radius 3 is 2.74 bits per heavy atom. The molecule has 1 aromatic carbocycles. The minimum absolute atomic E-state index is 0.256. The molecule has 0 radical (unpaired) electrons. The van der Waals surface area contributed by atoms with Gasteiger partial charge in [-0.1, -0.05) is 30.3 Å². The molecule has 1 aromatic heterocycles. The van der Waals surface area contributed by atoms with Gasteiger partial charge in [0, 0.05) is 5.66 Å². The summed E-state index contributed by atoms with van der Waals surface area (Å²) < 4.78 is 0. The normalized spacial score (nSPS) is 21.1. The van der Waals surface area contributed by atoms with E-state index in [4.69, 9.17) is 0 Å². The summed E-state index contributed by atoms with van der Waals surface area (Å²) in [6.07, 6.45) is 3.84. The summed E-state index contributed by atoms with van der Waals surface area (Å²) in [6, 6.07) is 10.3. The lowest BCUT2D eigenvalue weighted by Gasteiger charge is -2.23. The molecule has 100 valence electrons. The van der Waals surface area contributed by atoms with E-state index in [-0.39, 0.29) is 5.54 Å². The van der Waals surface area contributed by atoms with E-state index >= 15 is 0 Å². The summed E-state index contributed by atoms with van der Waals surface area (Å²) >= 11 is 0. The van der Waals surface area contributed by atoms with E-state index < -0.39 is 0 Å². The smallest absolute Gasteiger partial charge is 0.154 e. The van der Waals surface area contributed by atoms with E-state index in [0.29, 0.717) is 5.66 Å². The van der Waals surface area contributed by atoms with Gasteiger partial charge in [-0.2, -0.15) is 4.80 Å². The minimum atomic E-state index is -0.256. The Balaban J connectivity index is 1.89. The molecule has 1 aliphatic heterocycles. The molecule has 2 heterocycles. The van der Waals surface area contributed by atoms with Gasteiger partial charge in [-0.05, 0) is 43.6 Å². The van der Waals surface area contributed by atoms with Crippen LogP contribution in [0.5, 0.6) is 0 Å². The van der Waals surface area contributed by atoms with Crippen LogP contribution in [0.4, 0.5) is 0 Å². The van der Waals surface area contributed by atoms with Crippen molar-refractivity contribution in [2.75, 3.05) is 6.16 Å². The maximum atomic E-state index is 4.64. The number of rotatable bonds is 3. The first-order valence-corrected chi connectivity index (χ1v) is 8.06. The lowest BCUT2D eigenvalue weighted by Crippen LogP contribution is -2.30. The maximum Gasteiger partial charge on any atom is 0.181 e. The molecule has 1 aliphatic rings. The number of hydrogen-bond donors (Lipinski definition) is 0. The Morgan fingerprint density at radius 2 is 2.05 bits per heavy atom. The molecule has 3 rings (SSSR count). The van der Waals surface area contributed by atoms with Crippen molar-refractivity contribution in [3.05, 3.63) is 41.7 Å². The Labute approximate surface area is 115 Å². The highest BCUT2D eigenvalue weighted by Crippen LogP contribution is 2.43. The zero-order chi connectivity index (χ0) is 13.3. The van der Waals surface area contributed by atoms with Crippen LogP contribution in [0.25, 0.3) is 0 Å². The first-order chi connectivity index (χ1) is 9.18. The second kappa shape index (κ2) is 5.01. The summed E-state index contributed by atoms with van der Waals surface area (Å²) in [4.78, 5) is 1.76. The Kier molecular flexibility index (Phi) is 3.36. The van der Waals surface area contributed by atoms with Crippen molar-refractivity contribution in [1.82, 2.24) is 20.2 Å². The molecule has 5 heteroatoms. The third kappa shape index (κ3) is 2.42. The van der Waals surface area contributed by atoms with Gasteiger partial charge in [0.1, 0.15) is 5.54 Å². The molecule has 2 atom stereocenters. The van der Waals surface area contributed by atoms with Crippen LogP contribution in [0.1, 0.15) is 43.7 Å². The van der Waals surface area contributed by atoms with Crippen LogP contribution in [0.3, 0.4) is 0 Å². The van der Waals surface area contributed by atoms with Gasteiger partial charge in [-0.3, -0.25) is 0 Å². The van der Waals surface area contributed by atoms with Gasteiger partial charge in [0.15, 0.2) is 5.82 Å². The quantitative estimate of drug-likeness (QED) is 0.808. The van der Waals surface area contributed by atoms with Crippen LogP contribution < -0.4 is 0 Å². The van der Waals surface area contributed by atoms with Crippen molar-refractivity contribution in [2.24, 2.45) is 0 Å². The van der Waals surface area contributed by atoms with Gasteiger partial charge in [0.2, 0.25) is 0 Å². The Morgan fingerprint density at radius 1 is 1.26 bits per heavy atom. The van der Waals surface area contributed by atoms with E-state index in [1.807, 2.05) is 18.2 Å². The molecule has 0 saturated carbocycles. The fraction of sp³-hybridized carbons (Fsp3) is 0.500. The van der Waals surface area contributed by atoms with Crippen molar-refractivity contribution in [3.8, 4) is 0 Å². The van der Waals surface area contributed by atoms with Gasteiger partial charge in [0.05, 0.1) is 0 Å². The van der Waals surface area contributed by atoms with Crippen molar-refractivity contribution >= 4 is 8.58 Å². The summed E-state index contributed by atoms with van der Waals surface area (Å²) in [7, 11) is 0.962. The van der Waals surface area contributed by atoms with Gasteiger partial charge >= 0.3 is 0 Å². The standard InChI is InChI=1S/C14H19N4P/c1-14(2,11-7-4-3-5-8-11)18-16-13(15-17-18)12-9-6-10-19-12/h3-5,7-8,12,19H,6,9-10H2,1-2H3/t12-/m1/s1.